The Morgan fingerprint density at radius 1 is 0.962 bits per heavy atom. The summed E-state index contributed by atoms with van der Waals surface area (Å²) in [6.45, 7) is 5.72. The van der Waals surface area contributed by atoms with Crippen LogP contribution in [0.2, 0.25) is 0 Å². The highest BCUT2D eigenvalue weighted by Crippen LogP contribution is 2.33. The van der Waals surface area contributed by atoms with Gasteiger partial charge in [0.15, 0.2) is 17.3 Å². The lowest BCUT2D eigenvalue weighted by atomic mass is 9.92. The molecular weight excluding hydrogens is 326 g/mol. The Balaban J connectivity index is 2.15. The Kier molecular flexibility index (Phi) is 4.94. The number of nitrogens with zero attached hydrogens (tertiary/aromatic N) is 1. The molecule has 3 aromatic rings. The number of Topliss-reactive ketones (excluding diaryl/α,β-unsaturated/α-hetero) is 1. The molecule has 2 aromatic carbocycles. The van der Waals surface area contributed by atoms with Crippen molar-refractivity contribution >= 4 is 16.7 Å². The SMILES string of the molecule is COc1cc2nccc(Cc3cc(C)c(C)cc3C(C)=O)c2cc1OC. The van der Waals surface area contributed by atoms with E-state index in [-0.39, 0.29) is 5.78 Å². The van der Waals surface area contributed by atoms with E-state index in [2.05, 4.69) is 18.0 Å². The fourth-order valence-electron chi connectivity index (χ4n) is 3.24. The van der Waals surface area contributed by atoms with Gasteiger partial charge >= 0.3 is 0 Å². The van der Waals surface area contributed by atoms with Crippen molar-refractivity contribution in [2.24, 2.45) is 0 Å². The molecule has 0 aliphatic heterocycles. The zero-order valence-corrected chi connectivity index (χ0v) is 15.8. The van der Waals surface area contributed by atoms with Crippen molar-refractivity contribution in [2.75, 3.05) is 14.2 Å². The van der Waals surface area contributed by atoms with Crippen molar-refractivity contribution < 1.29 is 14.3 Å². The largest absolute Gasteiger partial charge is 0.493 e. The van der Waals surface area contributed by atoms with Crippen LogP contribution >= 0.6 is 0 Å². The summed E-state index contributed by atoms with van der Waals surface area (Å²) in [5.74, 6) is 1.40. The fraction of sp³-hybridized carbons (Fsp3) is 0.273. The third-order valence-corrected chi connectivity index (χ3v) is 4.82. The van der Waals surface area contributed by atoms with Crippen LogP contribution in [0.4, 0.5) is 0 Å². The van der Waals surface area contributed by atoms with Crippen LogP contribution in [-0.2, 0) is 6.42 Å². The minimum Gasteiger partial charge on any atom is -0.493 e. The molecule has 0 bridgehead atoms. The molecule has 134 valence electrons. The molecule has 0 radical (unpaired) electrons. The molecule has 1 aromatic heterocycles. The number of aromatic nitrogens is 1. The van der Waals surface area contributed by atoms with Crippen LogP contribution in [0.25, 0.3) is 10.9 Å². The second kappa shape index (κ2) is 7.16. The maximum absolute atomic E-state index is 12.1. The van der Waals surface area contributed by atoms with Gasteiger partial charge in [0.2, 0.25) is 0 Å². The number of carbonyl (C=O) groups is 1. The molecular formula is C22H23NO3. The zero-order valence-electron chi connectivity index (χ0n) is 15.8. The molecule has 4 heteroatoms. The lowest BCUT2D eigenvalue weighted by Crippen LogP contribution is -2.03. The first-order valence-electron chi connectivity index (χ1n) is 8.55. The van der Waals surface area contributed by atoms with Gasteiger partial charge in [-0.2, -0.15) is 0 Å². The van der Waals surface area contributed by atoms with Crippen molar-refractivity contribution in [2.45, 2.75) is 27.2 Å². The molecule has 1 heterocycles. The van der Waals surface area contributed by atoms with Crippen molar-refractivity contribution in [1.82, 2.24) is 4.98 Å². The predicted molar refractivity (Wildman–Crippen MR) is 104 cm³/mol. The number of ketones is 1. The van der Waals surface area contributed by atoms with Crippen molar-refractivity contribution in [3.8, 4) is 11.5 Å². The van der Waals surface area contributed by atoms with Crippen LogP contribution in [0.5, 0.6) is 11.5 Å². The zero-order chi connectivity index (χ0) is 18.8. The molecule has 26 heavy (non-hydrogen) atoms. The van der Waals surface area contributed by atoms with Gasteiger partial charge in [0.05, 0.1) is 19.7 Å². The van der Waals surface area contributed by atoms with Crippen LogP contribution in [0.3, 0.4) is 0 Å². The number of rotatable bonds is 5. The Morgan fingerprint density at radius 3 is 2.27 bits per heavy atom. The van der Waals surface area contributed by atoms with E-state index < -0.39 is 0 Å². The molecule has 0 saturated heterocycles. The highest BCUT2D eigenvalue weighted by Gasteiger charge is 2.14. The van der Waals surface area contributed by atoms with Gasteiger partial charge in [-0.1, -0.05) is 6.07 Å². The third-order valence-electron chi connectivity index (χ3n) is 4.82. The summed E-state index contributed by atoms with van der Waals surface area (Å²) in [6, 6.07) is 9.92. The van der Waals surface area contributed by atoms with Gasteiger partial charge in [-0.3, -0.25) is 9.78 Å². The Morgan fingerprint density at radius 2 is 1.62 bits per heavy atom. The van der Waals surface area contributed by atoms with Crippen LogP contribution in [0.15, 0.2) is 36.5 Å². The molecule has 0 fully saturated rings. The van der Waals surface area contributed by atoms with Gasteiger partial charge in [-0.25, -0.2) is 0 Å². The number of pyridine rings is 1. The first kappa shape index (κ1) is 17.9. The standard InChI is InChI=1S/C22H23NO3/c1-13-8-17(18(15(3)24)9-14(13)2)10-16-6-7-23-20-12-22(26-5)21(25-4)11-19(16)20/h6-9,11-12H,10H2,1-5H3. The average Bonchev–Trinajstić information content (AvgIpc) is 2.63. The number of benzene rings is 2. The smallest absolute Gasteiger partial charge is 0.162 e. The number of fused-ring (bicyclic) bond motifs is 1. The third kappa shape index (κ3) is 3.27. The highest BCUT2D eigenvalue weighted by molar-refractivity contribution is 5.96. The number of carbonyl (C=O) groups excluding carboxylic acids is 1. The van der Waals surface area contributed by atoms with Gasteiger partial charge < -0.3 is 9.47 Å². The number of ether oxygens (including phenoxy) is 2. The highest BCUT2D eigenvalue weighted by atomic mass is 16.5. The van der Waals surface area contributed by atoms with E-state index in [1.807, 2.05) is 31.2 Å². The number of aryl methyl sites for hydroxylation is 2. The molecule has 4 nitrogen and oxygen atoms in total. The number of hydrogen-bond donors (Lipinski definition) is 0. The summed E-state index contributed by atoms with van der Waals surface area (Å²) in [5.41, 5.74) is 6.06. The minimum absolute atomic E-state index is 0.0840. The number of methoxy groups -OCH3 is 2. The lowest BCUT2D eigenvalue weighted by Gasteiger charge is -2.14. The summed E-state index contributed by atoms with van der Waals surface area (Å²) < 4.78 is 10.8. The molecule has 0 N–H and O–H groups in total. The van der Waals surface area contributed by atoms with E-state index in [4.69, 9.17) is 9.47 Å². The first-order chi connectivity index (χ1) is 12.4. The van der Waals surface area contributed by atoms with Crippen LogP contribution in [0.1, 0.15) is 39.5 Å². The molecule has 0 atom stereocenters. The monoisotopic (exact) mass is 349 g/mol. The Bertz CT molecular complexity index is 992. The summed E-state index contributed by atoms with van der Waals surface area (Å²) in [7, 11) is 3.23. The summed E-state index contributed by atoms with van der Waals surface area (Å²) in [4.78, 5) is 16.6. The predicted octanol–water partition coefficient (Wildman–Crippen LogP) is 4.66. The maximum Gasteiger partial charge on any atom is 0.162 e. The normalized spacial score (nSPS) is 10.8. The van der Waals surface area contributed by atoms with Gasteiger partial charge in [0, 0.05) is 23.2 Å². The minimum atomic E-state index is 0.0840. The van der Waals surface area contributed by atoms with E-state index in [1.54, 1.807) is 27.3 Å². The van der Waals surface area contributed by atoms with E-state index in [0.717, 1.165) is 33.2 Å². The Labute approximate surface area is 153 Å². The fourth-order valence-corrected chi connectivity index (χ4v) is 3.24. The summed E-state index contributed by atoms with van der Waals surface area (Å²) >= 11 is 0. The van der Waals surface area contributed by atoms with Gasteiger partial charge in [-0.15, -0.1) is 0 Å². The first-order valence-corrected chi connectivity index (χ1v) is 8.55. The number of hydrogen-bond acceptors (Lipinski definition) is 4. The second-order valence-corrected chi connectivity index (χ2v) is 6.52. The molecule has 0 aliphatic carbocycles. The maximum atomic E-state index is 12.1. The molecule has 3 rings (SSSR count). The van der Waals surface area contributed by atoms with E-state index in [9.17, 15) is 4.79 Å². The quantitative estimate of drug-likeness (QED) is 0.629. The molecule has 0 aliphatic rings. The molecule has 0 spiro atoms. The van der Waals surface area contributed by atoms with E-state index in [1.165, 1.54) is 5.56 Å². The van der Waals surface area contributed by atoms with Gasteiger partial charge in [0.25, 0.3) is 0 Å². The molecule has 0 unspecified atom stereocenters. The van der Waals surface area contributed by atoms with Crippen molar-refractivity contribution in [3.05, 3.63) is 64.3 Å². The van der Waals surface area contributed by atoms with Crippen molar-refractivity contribution in [3.63, 3.8) is 0 Å². The molecule has 0 amide bonds. The van der Waals surface area contributed by atoms with E-state index in [0.29, 0.717) is 17.9 Å². The average molecular weight is 349 g/mol. The van der Waals surface area contributed by atoms with Crippen LogP contribution in [-0.4, -0.2) is 25.0 Å². The van der Waals surface area contributed by atoms with Gasteiger partial charge in [-0.05, 0) is 67.6 Å². The van der Waals surface area contributed by atoms with Gasteiger partial charge in [0.1, 0.15) is 0 Å². The summed E-state index contributed by atoms with van der Waals surface area (Å²) in [6.07, 6.45) is 2.45. The van der Waals surface area contributed by atoms with Crippen LogP contribution in [0, 0.1) is 13.8 Å². The summed E-state index contributed by atoms with van der Waals surface area (Å²) in [5, 5.41) is 0.998. The molecule has 0 saturated carbocycles. The van der Waals surface area contributed by atoms with Crippen molar-refractivity contribution in [1.29, 1.82) is 0 Å². The Hall–Kier alpha value is -2.88. The lowest BCUT2D eigenvalue weighted by molar-refractivity contribution is 0.101. The van der Waals surface area contributed by atoms with Crippen LogP contribution < -0.4 is 9.47 Å². The van der Waals surface area contributed by atoms with E-state index >= 15 is 0 Å². The second-order valence-electron chi connectivity index (χ2n) is 6.52. The topological polar surface area (TPSA) is 48.4 Å².